The molecule has 0 radical (unpaired) electrons. The van der Waals surface area contributed by atoms with Gasteiger partial charge in [-0.3, -0.25) is 0 Å². The number of aromatic amines is 1. The van der Waals surface area contributed by atoms with Crippen LogP contribution in [-0.2, 0) is 6.54 Å². The normalized spacial score (nSPS) is 16.8. The Morgan fingerprint density at radius 1 is 1.33 bits per heavy atom. The van der Waals surface area contributed by atoms with Crippen LogP contribution in [0.4, 0.5) is 5.69 Å². The number of aromatic nitrogens is 2. The van der Waals surface area contributed by atoms with Crippen molar-refractivity contribution in [3.63, 3.8) is 0 Å². The summed E-state index contributed by atoms with van der Waals surface area (Å²) in [4.78, 5) is 9.47. The van der Waals surface area contributed by atoms with Gasteiger partial charge in [-0.25, -0.2) is 4.98 Å². The lowest BCUT2D eigenvalue weighted by molar-refractivity contribution is 0.115. The molecule has 3 rings (SSSR count). The van der Waals surface area contributed by atoms with E-state index in [4.69, 9.17) is 4.74 Å². The van der Waals surface area contributed by atoms with Crippen LogP contribution in [0, 0.1) is 0 Å². The van der Waals surface area contributed by atoms with Crippen molar-refractivity contribution in [2.75, 3.05) is 25.5 Å². The molecule has 0 aliphatic carbocycles. The Morgan fingerprint density at radius 3 is 2.90 bits per heavy atom. The maximum absolute atomic E-state index is 6.19. The Morgan fingerprint density at radius 2 is 2.14 bits per heavy atom. The SMILES string of the molecule is CN1CCC(Oc2ccccc2NCc2cnc[nH]2)CC1. The van der Waals surface area contributed by atoms with Gasteiger partial charge in [0.25, 0.3) is 0 Å². The highest BCUT2D eigenvalue weighted by atomic mass is 16.5. The van der Waals surface area contributed by atoms with Crippen molar-refractivity contribution in [3.05, 3.63) is 42.5 Å². The van der Waals surface area contributed by atoms with Crippen LogP contribution in [0.25, 0.3) is 0 Å². The van der Waals surface area contributed by atoms with Crippen LogP contribution in [0.15, 0.2) is 36.8 Å². The predicted molar refractivity (Wildman–Crippen MR) is 83.5 cm³/mol. The molecule has 5 heteroatoms. The van der Waals surface area contributed by atoms with E-state index in [0.29, 0.717) is 12.6 Å². The second-order valence-corrected chi connectivity index (χ2v) is 5.55. The van der Waals surface area contributed by atoms with Crippen molar-refractivity contribution < 1.29 is 4.74 Å². The third-order valence-corrected chi connectivity index (χ3v) is 3.87. The van der Waals surface area contributed by atoms with E-state index in [1.54, 1.807) is 6.33 Å². The van der Waals surface area contributed by atoms with E-state index in [-0.39, 0.29) is 0 Å². The molecule has 112 valence electrons. The van der Waals surface area contributed by atoms with E-state index >= 15 is 0 Å². The summed E-state index contributed by atoms with van der Waals surface area (Å²) in [6.07, 6.45) is 6.01. The lowest BCUT2D eigenvalue weighted by Crippen LogP contribution is -2.35. The van der Waals surface area contributed by atoms with Gasteiger partial charge in [-0.1, -0.05) is 12.1 Å². The number of rotatable bonds is 5. The van der Waals surface area contributed by atoms with Gasteiger partial charge in [0.2, 0.25) is 0 Å². The molecule has 1 aromatic carbocycles. The Bertz CT molecular complexity index is 547. The topological polar surface area (TPSA) is 53.2 Å². The first-order chi connectivity index (χ1) is 10.3. The standard InChI is InChI=1S/C16H22N4O/c1-20-8-6-14(7-9-20)21-16-5-3-2-4-15(16)18-11-13-10-17-12-19-13/h2-5,10,12,14,18H,6-9,11H2,1H3,(H,17,19). The average molecular weight is 286 g/mol. The number of anilines is 1. The van der Waals surface area contributed by atoms with Gasteiger partial charge in [0.05, 0.1) is 24.3 Å². The molecule has 1 aliphatic heterocycles. The lowest BCUT2D eigenvalue weighted by atomic mass is 10.1. The minimum absolute atomic E-state index is 0.316. The molecule has 0 spiro atoms. The number of para-hydroxylation sites is 2. The van der Waals surface area contributed by atoms with Crippen molar-refractivity contribution >= 4 is 5.69 Å². The molecule has 0 atom stereocenters. The van der Waals surface area contributed by atoms with Gasteiger partial charge in [0.15, 0.2) is 0 Å². The summed E-state index contributed by atoms with van der Waals surface area (Å²) < 4.78 is 6.19. The summed E-state index contributed by atoms with van der Waals surface area (Å²) in [5.74, 6) is 0.937. The van der Waals surface area contributed by atoms with Gasteiger partial charge >= 0.3 is 0 Å². The second kappa shape index (κ2) is 6.63. The Labute approximate surface area is 125 Å². The van der Waals surface area contributed by atoms with Gasteiger partial charge in [-0.2, -0.15) is 0 Å². The van der Waals surface area contributed by atoms with E-state index in [1.165, 1.54) is 0 Å². The minimum atomic E-state index is 0.316. The Balaban J connectivity index is 1.62. The third kappa shape index (κ3) is 3.76. The summed E-state index contributed by atoms with van der Waals surface area (Å²) in [6.45, 7) is 2.93. The number of likely N-dealkylation sites (tertiary alicyclic amines) is 1. The fourth-order valence-corrected chi connectivity index (χ4v) is 2.57. The first kappa shape index (κ1) is 13.9. The molecule has 2 N–H and O–H groups in total. The number of piperidine rings is 1. The smallest absolute Gasteiger partial charge is 0.142 e. The fourth-order valence-electron chi connectivity index (χ4n) is 2.57. The van der Waals surface area contributed by atoms with Crippen LogP contribution < -0.4 is 10.1 Å². The molecule has 0 saturated carbocycles. The number of imidazole rings is 1. The van der Waals surface area contributed by atoms with Crippen molar-refractivity contribution in [2.45, 2.75) is 25.5 Å². The number of H-pyrrole nitrogens is 1. The summed E-state index contributed by atoms with van der Waals surface area (Å²) >= 11 is 0. The molecule has 1 aromatic heterocycles. The molecule has 1 aliphatic rings. The number of nitrogens with zero attached hydrogens (tertiary/aromatic N) is 2. The number of ether oxygens (including phenoxy) is 1. The summed E-state index contributed by atoms with van der Waals surface area (Å²) in [7, 11) is 2.16. The zero-order valence-corrected chi connectivity index (χ0v) is 12.4. The highest BCUT2D eigenvalue weighted by Crippen LogP contribution is 2.27. The number of hydrogen-bond donors (Lipinski definition) is 2. The molecule has 1 fully saturated rings. The van der Waals surface area contributed by atoms with E-state index in [1.807, 2.05) is 24.4 Å². The summed E-state index contributed by atoms with van der Waals surface area (Å²) in [5, 5.41) is 3.41. The van der Waals surface area contributed by atoms with Crippen molar-refractivity contribution in [1.29, 1.82) is 0 Å². The molecule has 1 saturated heterocycles. The van der Waals surface area contributed by atoms with Gasteiger partial charge in [-0.15, -0.1) is 0 Å². The zero-order valence-electron chi connectivity index (χ0n) is 12.4. The average Bonchev–Trinajstić information content (AvgIpc) is 3.02. The number of benzene rings is 1. The molecule has 2 heterocycles. The number of hydrogen-bond acceptors (Lipinski definition) is 4. The van der Waals surface area contributed by atoms with E-state index in [2.05, 4.69) is 33.3 Å². The van der Waals surface area contributed by atoms with Gasteiger partial charge in [0.1, 0.15) is 11.9 Å². The maximum atomic E-state index is 6.19. The summed E-state index contributed by atoms with van der Waals surface area (Å²) in [5.41, 5.74) is 2.09. The zero-order chi connectivity index (χ0) is 14.5. The van der Waals surface area contributed by atoms with E-state index < -0.39 is 0 Å². The second-order valence-electron chi connectivity index (χ2n) is 5.55. The minimum Gasteiger partial charge on any atom is -0.488 e. The van der Waals surface area contributed by atoms with Gasteiger partial charge < -0.3 is 19.9 Å². The highest BCUT2D eigenvalue weighted by molar-refractivity contribution is 5.56. The molecule has 2 aromatic rings. The maximum Gasteiger partial charge on any atom is 0.142 e. The molecule has 0 unspecified atom stereocenters. The van der Waals surface area contributed by atoms with E-state index in [0.717, 1.165) is 43.1 Å². The summed E-state index contributed by atoms with van der Waals surface area (Å²) in [6, 6.07) is 8.14. The van der Waals surface area contributed by atoms with Crippen LogP contribution in [0.3, 0.4) is 0 Å². The Hall–Kier alpha value is -2.01. The van der Waals surface area contributed by atoms with Gasteiger partial charge in [-0.05, 0) is 32.0 Å². The quantitative estimate of drug-likeness (QED) is 0.886. The molecule has 21 heavy (non-hydrogen) atoms. The van der Waals surface area contributed by atoms with Crippen LogP contribution in [-0.4, -0.2) is 41.1 Å². The highest BCUT2D eigenvalue weighted by Gasteiger charge is 2.18. The molecule has 5 nitrogen and oxygen atoms in total. The largest absolute Gasteiger partial charge is 0.488 e. The van der Waals surface area contributed by atoms with Crippen LogP contribution in [0.1, 0.15) is 18.5 Å². The van der Waals surface area contributed by atoms with E-state index in [9.17, 15) is 0 Å². The first-order valence-corrected chi connectivity index (χ1v) is 7.46. The monoisotopic (exact) mass is 286 g/mol. The number of nitrogens with one attached hydrogen (secondary N) is 2. The van der Waals surface area contributed by atoms with Crippen molar-refractivity contribution in [2.24, 2.45) is 0 Å². The van der Waals surface area contributed by atoms with Crippen LogP contribution >= 0.6 is 0 Å². The van der Waals surface area contributed by atoms with Gasteiger partial charge in [0, 0.05) is 19.3 Å². The molecule has 0 bridgehead atoms. The molecule has 0 amide bonds. The molecular weight excluding hydrogens is 264 g/mol. The lowest BCUT2D eigenvalue weighted by Gasteiger charge is -2.30. The third-order valence-electron chi connectivity index (χ3n) is 3.87. The predicted octanol–water partition coefficient (Wildman–Crippen LogP) is 2.49. The van der Waals surface area contributed by atoms with Crippen molar-refractivity contribution in [3.8, 4) is 5.75 Å². The molecular formula is C16H22N4O. The van der Waals surface area contributed by atoms with Crippen LogP contribution in [0.5, 0.6) is 5.75 Å². The van der Waals surface area contributed by atoms with Crippen LogP contribution in [0.2, 0.25) is 0 Å². The first-order valence-electron chi connectivity index (χ1n) is 7.46. The Kier molecular flexibility index (Phi) is 4.40. The van der Waals surface area contributed by atoms with Crippen molar-refractivity contribution in [1.82, 2.24) is 14.9 Å². The fraction of sp³-hybridized carbons (Fsp3) is 0.438.